The lowest BCUT2D eigenvalue weighted by Crippen LogP contribution is -2.34. The highest BCUT2D eigenvalue weighted by atomic mass is 32.1. The Morgan fingerprint density at radius 3 is 2.36 bits per heavy atom. The van der Waals surface area contributed by atoms with Gasteiger partial charge in [-0.15, -0.1) is 11.3 Å². The topological polar surface area (TPSA) is 20.5 Å². The van der Waals surface area contributed by atoms with Crippen molar-refractivity contribution >= 4 is 22.7 Å². The average Bonchev–Trinajstić information content (AvgIpc) is 2.89. The van der Waals surface area contributed by atoms with Crippen molar-refractivity contribution in [3.05, 3.63) is 51.3 Å². The zero-order valence-electron chi connectivity index (χ0n) is 12.7. The summed E-state index contributed by atoms with van der Waals surface area (Å²) in [6.07, 6.45) is -9.45. The number of anilines is 1. The van der Waals surface area contributed by atoms with E-state index >= 15 is 0 Å². The van der Waals surface area contributed by atoms with Crippen molar-refractivity contribution in [2.75, 3.05) is 11.4 Å². The van der Waals surface area contributed by atoms with E-state index in [0.717, 1.165) is 17.0 Å². The van der Waals surface area contributed by atoms with Crippen LogP contribution in [0.2, 0.25) is 0 Å². The molecule has 2 rings (SSSR count). The molecule has 10 heteroatoms. The fraction of sp³-hybridized carbons (Fsp3) is 0.333. The van der Waals surface area contributed by atoms with E-state index < -0.39 is 30.1 Å². The van der Waals surface area contributed by atoms with Gasteiger partial charge in [-0.25, -0.2) is 9.83 Å². The number of nitrogens with zero attached hydrogens (tertiary/aromatic N) is 3. The van der Waals surface area contributed by atoms with Crippen molar-refractivity contribution in [3.63, 3.8) is 0 Å². The standard InChI is InChI=1S/C15H11F6N3S/c1-9-23-10(7-25-9)6-24(8-14(16,17)18)11-3-4-13(22-2)12(5-11)15(19,20)21/h3-5,7H,6,8H2,1H3. The summed E-state index contributed by atoms with van der Waals surface area (Å²) in [7, 11) is 0. The molecule has 0 bridgehead atoms. The van der Waals surface area contributed by atoms with Gasteiger partial charge in [0.1, 0.15) is 6.54 Å². The maximum Gasteiger partial charge on any atom is 0.407 e. The molecule has 0 atom stereocenters. The van der Waals surface area contributed by atoms with Gasteiger partial charge in [0.15, 0.2) is 5.69 Å². The summed E-state index contributed by atoms with van der Waals surface area (Å²) in [5.74, 6) is 0. The fourth-order valence-electron chi connectivity index (χ4n) is 2.18. The predicted octanol–water partition coefficient (Wildman–Crippen LogP) is 5.59. The van der Waals surface area contributed by atoms with Gasteiger partial charge in [-0.3, -0.25) is 0 Å². The van der Waals surface area contributed by atoms with Crippen LogP contribution in [-0.4, -0.2) is 17.7 Å². The highest BCUT2D eigenvalue weighted by Crippen LogP contribution is 2.39. The summed E-state index contributed by atoms with van der Waals surface area (Å²) >= 11 is 1.23. The number of aromatic nitrogens is 1. The van der Waals surface area contributed by atoms with E-state index in [1.807, 2.05) is 0 Å². The molecule has 1 heterocycles. The molecule has 2 aromatic rings. The molecule has 0 spiro atoms. The van der Waals surface area contributed by atoms with Crippen molar-refractivity contribution < 1.29 is 26.3 Å². The second kappa shape index (κ2) is 6.92. The van der Waals surface area contributed by atoms with Gasteiger partial charge in [-0.05, 0) is 19.1 Å². The van der Waals surface area contributed by atoms with Crippen LogP contribution in [0.1, 0.15) is 16.3 Å². The lowest BCUT2D eigenvalue weighted by molar-refractivity contribution is -0.136. The maximum atomic E-state index is 13.1. The number of rotatable bonds is 4. The van der Waals surface area contributed by atoms with E-state index in [2.05, 4.69) is 9.83 Å². The normalized spacial score (nSPS) is 12.1. The Kier molecular flexibility index (Phi) is 5.27. The van der Waals surface area contributed by atoms with Crippen LogP contribution in [0.3, 0.4) is 0 Å². The molecular formula is C15H11F6N3S. The number of halogens is 6. The Labute approximate surface area is 143 Å². The largest absolute Gasteiger partial charge is 0.407 e. The third-order valence-corrected chi connectivity index (χ3v) is 3.98. The van der Waals surface area contributed by atoms with Gasteiger partial charge in [-0.2, -0.15) is 26.3 Å². The van der Waals surface area contributed by atoms with E-state index in [1.54, 1.807) is 12.3 Å². The zero-order valence-corrected chi connectivity index (χ0v) is 13.6. The van der Waals surface area contributed by atoms with Crippen molar-refractivity contribution in [2.45, 2.75) is 25.8 Å². The minimum atomic E-state index is -4.84. The Bertz CT molecular complexity index is 788. The second-order valence-corrected chi connectivity index (χ2v) is 6.20. The fourth-order valence-corrected chi connectivity index (χ4v) is 2.78. The Morgan fingerprint density at radius 2 is 1.88 bits per heavy atom. The summed E-state index contributed by atoms with van der Waals surface area (Å²) in [5.41, 5.74) is -1.87. The molecule has 1 aromatic carbocycles. The number of hydrogen-bond acceptors (Lipinski definition) is 3. The Morgan fingerprint density at radius 1 is 1.20 bits per heavy atom. The minimum absolute atomic E-state index is 0.275. The smallest absolute Gasteiger partial charge is 0.357 e. The van der Waals surface area contributed by atoms with Gasteiger partial charge in [0, 0.05) is 11.1 Å². The molecule has 0 saturated carbocycles. The molecule has 0 aliphatic carbocycles. The molecule has 0 radical (unpaired) electrons. The molecule has 0 aliphatic rings. The monoisotopic (exact) mass is 379 g/mol. The summed E-state index contributed by atoms with van der Waals surface area (Å²) in [4.78, 5) is 7.59. The summed E-state index contributed by atoms with van der Waals surface area (Å²) in [5, 5.41) is 2.19. The Balaban J connectivity index is 2.44. The van der Waals surface area contributed by atoms with E-state index in [-0.39, 0.29) is 12.2 Å². The van der Waals surface area contributed by atoms with Gasteiger partial charge >= 0.3 is 12.4 Å². The van der Waals surface area contributed by atoms with Gasteiger partial charge in [0.2, 0.25) is 0 Å². The molecule has 1 aromatic heterocycles. The van der Waals surface area contributed by atoms with Crippen LogP contribution in [0.25, 0.3) is 4.85 Å². The van der Waals surface area contributed by atoms with Gasteiger partial charge in [0.05, 0.1) is 29.4 Å². The number of aryl methyl sites for hydroxylation is 1. The van der Waals surface area contributed by atoms with Crippen molar-refractivity contribution in [2.24, 2.45) is 0 Å². The number of benzene rings is 1. The van der Waals surface area contributed by atoms with E-state index in [1.165, 1.54) is 11.3 Å². The lowest BCUT2D eigenvalue weighted by atomic mass is 10.1. The first-order valence-corrected chi connectivity index (χ1v) is 7.69. The average molecular weight is 379 g/mol. The van der Waals surface area contributed by atoms with Crippen LogP contribution in [0.4, 0.5) is 37.7 Å². The first kappa shape index (κ1) is 19.1. The molecule has 0 fully saturated rings. The molecule has 0 aliphatic heterocycles. The van der Waals surface area contributed by atoms with Crippen LogP contribution >= 0.6 is 11.3 Å². The number of hydrogen-bond donors (Lipinski definition) is 0. The third-order valence-electron chi connectivity index (χ3n) is 3.16. The lowest BCUT2D eigenvalue weighted by Gasteiger charge is -2.26. The molecular weight excluding hydrogens is 368 g/mol. The molecule has 0 N–H and O–H groups in total. The highest BCUT2D eigenvalue weighted by molar-refractivity contribution is 7.09. The van der Waals surface area contributed by atoms with Crippen LogP contribution in [0.15, 0.2) is 23.6 Å². The van der Waals surface area contributed by atoms with Gasteiger partial charge in [0.25, 0.3) is 0 Å². The molecule has 0 unspecified atom stereocenters. The Hall–Kier alpha value is -2.28. The molecule has 25 heavy (non-hydrogen) atoms. The maximum absolute atomic E-state index is 13.1. The number of alkyl halides is 6. The van der Waals surface area contributed by atoms with Crippen molar-refractivity contribution in [3.8, 4) is 0 Å². The van der Waals surface area contributed by atoms with Crippen LogP contribution < -0.4 is 4.90 Å². The molecule has 0 amide bonds. The van der Waals surface area contributed by atoms with Gasteiger partial charge in [-0.1, -0.05) is 6.07 Å². The molecule has 0 saturated heterocycles. The van der Waals surface area contributed by atoms with Crippen LogP contribution in [0.5, 0.6) is 0 Å². The molecule has 3 nitrogen and oxygen atoms in total. The first-order chi connectivity index (χ1) is 11.5. The third kappa shape index (κ3) is 5.09. The van der Waals surface area contributed by atoms with E-state index in [9.17, 15) is 26.3 Å². The summed E-state index contributed by atoms with van der Waals surface area (Å²) in [6, 6.07) is 2.52. The van der Waals surface area contributed by atoms with Crippen LogP contribution in [0, 0.1) is 13.5 Å². The quantitative estimate of drug-likeness (QED) is 0.510. The van der Waals surface area contributed by atoms with Crippen molar-refractivity contribution in [1.29, 1.82) is 0 Å². The zero-order chi connectivity index (χ0) is 18.8. The van der Waals surface area contributed by atoms with Crippen molar-refractivity contribution in [1.82, 2.24) is 4.98 Å². The predicted molar refractivity (Wildman–Crippen MR) is 81.7 cm³/mol. The molecule has 134 valence electrons. The number of thiazole rings is 1. The second-order valence-electron chi connectivity index (χ2n) is 5.14. The van der Waals surface area contributed by atoms with Gasteiger partial charge < -0.3 is 4.90 Å². The van der Waals surface area contributed by atoms with E-state index in [0.29, 0.717) is 16.8 Å². The first-order valence-electron chi connectivity index (χ1n) is 6.81. The minimum Gasteiger partial charge on any atom is -0.357 e. The SMILES string of the molecule is [C-]#[N+]c1ccc(N(Cc2csc(C)n2)CC(F)(F)F)cc1C(F)(F)F. The summed E-state index contributed by atoms with van der Waals surface area (Å²) < 4.78 is 77.7. The highest BCUT2D eigenvalue weighted by Gasteiger charge is 2.36. The van der Waals surface area contributed by atoms with E-state index in [4.69, 9.17) is 6.57 Å². The summed E-state index contributed by atoms with van der Waals surface area (Å²) in [6.45, 7) is 6.74. The van der Waals surface area contributed by atoms with Crippen LogP contribution in [-0.2, 0) is 12.7 Å².